The number of likely N-dealkylation sites (tertiary alicyclic amines) is 1. The summed E-state index contributed by atoms with van der Waals surface area (Å²) in [6, 6.07) is 0. The summed E-state index contributed by atoms with van der Waals surface area (Å²) in [6.07, 6.45) is 8.85. The van der Waals surface area contributed by atoms with Crippen LogP contribution in [0.2, 0.25) is 0 Å². The first-order chi connectivity index (χ1) is 7.38. The van der Waals surface area contributed by atoms with Gasteiger partial charge >= 0.3 is 0 Å². The van der Waals surface area contributed by atoms with Crippen molar-refractivity contribution in [3.8, 4) is 0 Å². The third-order valence-electron chi connectivity index (χ3n) is 4.10. The summed E-state index contributed by atoms with van der Waals surface area (Å²) < 4.78 is 0. The van der Waals surface area contributed by atoms with E-state index in [1.54, 1.807) is 0 Å². The van der Waals surface area contributed by atoms with Gasteiger partial charge in [0.05, 0.1) is 0 Å². The summed E-state index contributed by atoms with van der Waals surface area (Å²) in [4.78, 5) is 2.71. The fourth-order valence-electron chi connectivity index (χ4n) is 3.27. The van der Waals surface area contributed by atoms with E-state index >= 15 is 0 Å². The Labute approximate surface area is 94.4 Å². The van der Waals surface area contributed by atoms with Crippen molar-refractivity contribution >= 4 is 0 Å². The number of hydrogen-bond donors (Lipinski definition) is 1. The molecule has 1 atom stereocenters. The molecule has 1 N–H and O–H groups in total. The highest BCUT2D eigenvalue weighted by molar-refractivity contribution is 4.79. The standard InChI is InChI=1S/C13H26N2/c1-14-9-13-7-8-15(11-13)10-12-5-3-2-4-6-12/h12-14H,2-11H2,1H3. The lowest BCUT2D eigenvalue weighted by Gasteiger charge is -2.26. The molecule has 0 radical (unpaired) electrons. The van der Waals surface area contributed by atoms with Gasteiger partial charge in [-0.25, -0.2) is 0 Å². The zero-order chi connectivity index (χ0) is 10.5. The number of hydrogen-bond acceptors (Lipinski definition) is 2. The molecule has 0 amide bonds. The van der Waals surface area contributed by atoms with Gasteiger partial charge in [0, 0.05) is 13.1 Å². The van der Waals surface area contributed by atoms with Crippen LogP contribution in [0.4, 0.5) is 0 Å². The van der Waals surface area contributed by atoms with E-state index in [0.29, 0.717) is 0 Å². The van der Waals surface area contributed by atoms with E-state index in [9.17, 15) is 0 Å². The molecular formula is C13H26N2. The average molecular weight is 210 g/mol. The van der Waals surface area contributed by atoms with E-state index in [1.807, 2.05) is 0 Å². The van der Waals surface area contributed by atoms with E-state index in [0.717, 1.165) is 11.8 Å². The fourth-order valence-corrected chi connectivity index (χ4v) is 3.27. The smallest absolute Gasteiger partial charge is 0.00224 e. The third-order valence-corrected chi connectivity index (χ3v) is 4.10. The number of nitrogens with one attached hydrogen (secondary N) is 1. The molecule has 2 nitrogen and oxygen atoms in total. The maximum Gasteiger partial charge on any atom is 0.00224 e. The Morgan fingerprint density at radius 1 is 1.07 bits per heavy atom. The molecular weight excluding hydrogens is 184 g/mol. The van der Waals surface area contributed by atoms with Crippen LogP contribution in [0.25, 0.3) is 0 Å². The first kappa shape index (κ1) is 11.4. The highest BCUT2D eigenvalue weighted by Crippen LogP contribution is 2.26. The van der Waals surface area contributed by atoms with Gasteiger partial charge in [0.2, 0.25) is 0 Å². The molecule has 1 heterocycles. The second-order valence-electron chi connectivity index (χ2n) is 5.48. The summed E-state index contributed by atoms with van der Waals surface area (Å²) in [7, 11) is 2.07. The van der Waals surface area contributed by atoms with Crippen molar-refractivity contribution in [3.05, 3.63) is 0 Å². The van der Waals surface area contributed by atoms with Gasteiger partial charge in [-0.1, -0.05) is 19.3 Å². The van der Waals surface area contributed by atoms with Gasteiger partial charge in [-0.05, 0) is 51.2 Å². The van der Waals surface area contributed by atoms with Crippen molar-refractivity contribution < 1.29 is 0 Å². The Hall–Kier alpha value is -0.0800. The number of rotatable bonds is 4. The predicted octanol–water partition coefficient (Wildman–Crippen LogP) is 2.11. The zero-order valence-electron chi connectivity index (χ0n) is 10.2. The topological polar surface area (TPSA) is 15.3 Å². The second kappa shape index (κ2) is 5.86. The normalized spacial score (nSPS) is 29.8. The SMILES string of the molecule is CNCC1CCN(CC2CCCCC2)C1. The van der Waals surface area contributed by atoms with Crippen LogP contribution in [0, 0.1) is 11.8 Å². The monoisotopic (exact) mass is 210 g/mol. The van der Waals surface area contributed by atoms with Gasteiger partial charge in [0.15, 0.2) is 0 Å². The van der Waals surface area contributed by atoms with E-state index in [2.05, 4.69) is 17.3 Å². The highest BCUT2D eigenvalue weighted by atomic mass is 15.1. The minimum atomic E-state index is 0.915. The Kier molecular flexibility index (Phi) is 4.45. The van der Waals surface area contributed by atoms with Crippen molar-refractivity contribution in [2.24, 2.45) is 11.8 Å². The molecule has 1 aliphatic carbocycles. The maximum atomic E-state index is 3.31. The first-order valence-corrected chi connectivity index (χ1v) is 6.75. The summed E-state index contributed by atoms with van der Waals surface area (Å²) in [6.45, 7) is 5.29. The molecule has 88 valence electrons. The van der Waals surface area contributed by atoms with Crippen molar-refractivity contribution in [2.75, 3.05) is 33.2 Å². The quantitative estimate of drug-likeness (QED) is 0.764. The predicted molar refractivity (Wildman–Crippen MR) is 65.0 cm³/mol. The van der Waals surface area contributed by atoms with E-state index < -0.39 is 0 Å². The van der Waals surface area contributed by atoms with Crippen LogP contribution in [-0.4, -0.2) is 38.1 Å². The van der Waals surface area contributed by atoms with Crippen LogP contribution in [0.1, 0.15) is 38.5 Å². The fraction of sp³-hybridized carbons (Fsp3) is 1.00. The van der Waals surface area contributed by atoms with Crippen LogP contribution in [0.3, 0.4) is 0 Å². The molecule has 1 saturated heterocycles. The van der Waals surface area contributed by atoms with Crippen molar-refractivity contribution in [1.29, 1.82) is 0 Å². The molecule has 15 heavy (non-hydrogen) atoms. The first-order valence-electron chi connectivity index (χ1n) is 6.75. The largest absolute Gasteiger partial charge is 0.319 e. The lowest BCUT2D eigenvalue weighted by molar-refractivity contribution is 0.228. The molecule has 0 bridgehead atoms. The van der Waals surface area contributed by atoms with Crippen LogP contribution in [0.15, 0.2) is 0 Å². The Morgan fingerprint density at radius 3 is 2.60 bits per heavy atom. The van der Waals surface area contributed by atoms with Gasteiger partial charge in [0.1, 0.15) is 0 Å². The maximum absolute atomic E-state index is 3.31. The Morgan fingerprint density at radius 2 is 1.87 bits per heavy atom. The average Bonchev–Trinajstić information content (AvgIpc) is 2.68. The van der Waals surface area contributed by atoms with E-state index in [-0.39, 0.29) is 0 Å². The molecule has 1 aliphatic heterocycles. The molecule has 2 heteroatoms. The number of nitrogens with zero attached hydrogens (tertiary/aromatic N) is 1. The van der Waals surface area contributed by atoms with E-state index in [1.165, 1.54) is 64.7 Å². The van der Waals surface area contributed by atoms with Gasteiger partial charge < -0.3 is 10.2 Å². The minimum absolute atomic E-state index is 0.915. The van der Waals surface area contributed by atoms with Crippen LogP contribution < -0.4 is 5.32 Å². The highest BCUT2D eigenvalue weighted by Gasteiger charge is 2.24. The van der Waals surface area contributed by atoms with Crippen molar-refractivity contribution in [2.45, 2.75) is 38.5 Å². The summed E-state index contributed by atoms with van der Waals surface area (Å²) in [5, 5.41) is 3.31. The lowest BCUT2D eigenvalue weighted by atomic mass is 9.89. The molecule has 2 rings (SSSR count). The molecule has 2 fully saturated rings. The third kappa shape index (κ3) is 3.46. The van der Waals surface area contributed by atoms with Gasteiger partial charge in [0.25, 0.3) is 0 Å². The lowest BCUT2D eigenvalue weighted by Crippen LogP contribution is -2.30. The second-order valence-corrected chi connectivity index (χ2v) is 5.48. The Balaban J connectivity index is 1.67. The van der Waals surface area contributed by atoms with Crippen LogP contribution in [0.5, 0.6) is 0 Å². The molecule has 0 aromatic carbocycles. The van der Waals surface area contributed by atoms with Crippen molar-refractivity contribution in [1.82, 2.24) is 10.2 Å². The van der Waals surface area contributed by atoms with Crippen molar-refractivity contribution in [3.63, 3.8) is 0 Å². The zero-order valence-corrected chi connectivity index (χ0v) is 10.2. The minimum Gasteiger partial charge on any atom is -0.319 e. The van der Waals surface area contributed by atoms with Crippen LogP contribution in [-0.2, 0) is 0 Å². The van der Waals surface area contributed by atoms with Crippen LogP contribution >= 0.6 is 0 Å². The van der Waals surface area contributed by atoms with Gasteiger partial charge in [-0.15, -0.1) is 0 Å². The molecule has 1 unspecified atom stereocenters. The van der Waals surface area contributed by atoms with Gasteiger partial charge in [-0.3, -0.25) is 0 Å². The molecule has 0 aromatic rings. The molecule has 2 aliphatic rings. The molecule has 1 saturated carbocycles. The van der Waals surface area contributed by atoms with Gasteiger partial charge in [-0.2, -0.15) is 0 Å². The summed E-state index contributed by atoms with van der Waals surface area (Å²) in [5.41, 5.74) is 0. The molecule has 0 aromatic heterocycles. The molecule has 0 spiro atoms. The summed E-state index contributed by atoms with van der Waals surface area (Å²) >= 11 is 0. The Bertz CT molecular complexity index is 175. The summed E-state index contributed by atoms with van der Waals surface area (Å²) in [5.74, 6) is 1.94. The van der Waals surface area contributed by atoms with E-state index in [4.69, 9.17) is 0 Å².